The van der Waals surface area contributed by atoms with Crippen molar-refractivity contribution >= 4 is 34.8 Å². The van der Waals surface area contributed by atoms with Gasteiger partial charge >= 0.3 is 5.97 Å². The molecule has 2 N–H and O–H groups in total. The molecule has 37 heavy (non-hydrogen) atoms. The number of hydrogen-bond acceptors (Lipinski definition) is 7. The molecule has 9 heteroatoms. The summed E-state index contributed by atoms with van der Waals surface area (Å²) in [5, 5.41) is 26.7. The molecule has 7 nitrogen and oxygen atoms in total. The van der Waals surface area contributed by atoms with Gasteiger partial charge in [-0.15, -0.1) is 10.2 Å². The van der Waals surface area contributed by atoms with Crippen molar-refractivity contribution in [1.29, 1.82) is 0 Å². The van der Waals surface area contributed by atoms with E-state index in [4.69, 9.17) is 4.74 Å². The predicted molar refractivity (Wildman–Crippen MR) is 149 cm³/mol. The van der Waals surface area contributed by atoms with E-state index in [9.17, 15) is 9.90 Å². The lowest BCUT2D eigenvalue weighted by atomic mass is 9.96. The molecule has 0 aliphatic rings. The van der Waals surface area contributed by atoms with Gasteiger partial charge in [-0.3, -0.25) is 4.79 Å². The second-order valence-electron chi connectivity index (χ2n) is 8.76. The number of thiophene rings is 1. The number of ether oxygens (including phenoxy) is 1. The number of carboxylic acids is 1. The zero-order valence-corrected chi connectivity index (χ0v) is 22.9. The number of hydrogen-bond donors (Lipinski definition) is 2. The summed E-state index contributed by atoms with van der Waals surface area (Å²) in [6.07, 6.45) is 2.25. The molecule has 2 aromatic carbocycles. The van der Waals surface area contributed by atoms with Gasteiger partial charge in [0, 0.05) is 36.2 Å². The first-order chi connectivity index (χ1) is 18.0. The average molecular weight is 537 g/mol. The fourth-order valence-corrected chi connectivity index (χ4v) is 5.45. The first kappa shape index (κ1) is 26.8. The fourth-order valence-electron chi connectivity index (χ4n) is 3.94. The summed E-state index contributed by atoms with van der Waals surface area (Å²) < 4.78 is 8.13. The molecule has 0 amide bonds. The normalized spacial score (nSPS) is 11.9. The molecule has 194 valence electrons. The van der Waals surface area contributed by atoms with Gasteiger partial charge in [-0.05, 0) is 76.8 Å². The number of carbonyl (C=O) groups is 1. The van der Waals surface area contributed by atoms with Gasteiger partial charge in [0.25, 0.3) is 0 Å². The standard InChI is InChI=1S/C28H32N4O3S2/c1-4-13-35-25-16-23(37-28-31-30-26(32(28)3)15-19-12-14-36-18-19)11-8-21(25)17-29-22-9-6-20(7-10-22)24(5-2)27(33)34/h6-12,14,16,18,24,29H,4-5,13,15,17H2,1-3H3,(H,33,34). The van der Waals surface area contributed by atoms with Crippen molar-refractivity contribution in [3.8, 4) is 5.75 Å². The third-order valence-electron chi connectivity index (χ3n) is 6.08. The maximum Gasteiger partial charge on any atom is 0.310 e. The molecular formula is C28H32N4O3S2. The summed E-state index contributed by atoms with van der Waals surface area (Å²) in [6, 6.07) is 16.0. The van der Waals surface area contributed by atoms with Crippen LogP contribution >= 0.6 is 23.1 Å². The van der Waals surface area contributed by atoms with Gasteiger partial charge < -0.3 is 19.7 Å². The Kier molecular flexibility index (Phi) is 9.24. The van der Waals surface area contributed by atoms with Crippen molar-refractivity contribution in [1.82, 2.24) is 14.8 Å². The maximum absolute atomic E-state index is 11.4. The molecule has 0 saturated carbocycles. The summed E-state index contributed by atoms with van der Waals surface area (Å²) in [5.41, 5.74) is 4.04. The lowest BCUT2D eigenvalue weighted by Gasteiger charge is -2.15. The Morgan fingerprint density at radius 1 is 1.16 bits per heavy atom. The van der Waals surface area contributed by atoms with Crippen molar-refractivity contribution in [2.75, 3.05) is 11.9 Å². The number of carboxylic acid groups (broad SMARTS) is 1. The highest BCUT2D eigenvalue weighted by molar-refractivity contribution is 7.99. The monoisotopic (exact) mass is 536 g/mol. The average Bonchev–Trinajstić information content (AvgIpc) is 3.54. The number of nitrogens with one attached hydrogen (secondary N) is 1. The Morgan fingerprint density at radius 3 is 2.65 bits per heavy atom. The van der Waals surface area contributed by atoms with Gasteiger partial charge in [-0.2, -0.15) is 11.3 Å². The Balaban J connectivity index is 1.45. The van der Waals surface area contributed by atoms with Crippen molar-refractivity contribution in [2.24, 2.45) is 7.05 Å². The number of benzene rings is 2. The minimum atomic E-state index is -0.793. The van der Waals surface area contributed by atoms with Crippen LogP contribution in [0.2, 0.25) is 0 Å². The van der Waals surface area contributed by atoms with E-state index < -0.39 is 11.9 Å². The molecule has 0 spiro atoms. The number of aromatic nitrogens is 3. The highest BCUT2D eigenvalue weighted by atomic mass is 32.2. The highest BCUT2D eigenvalue weighted by Crippen LogP contribution is 2.32. The van der Waals surface area contributed by atoms with E-state index in [-0.39, 0.29) is 0 Å². The molecule has 0 bridgehead atoms. The molecule has 0 aliphatic carbocycles. The lowest BCUT2D eigenvalue weighted by molar-refractivity contribution is -0.138. The molecule has 4 rings (SSSR count). The van der Waals surface area contributed by atoms with Crippen LogP contribution < -0.4 is 10.1 Å². The predicted octanol–water partition coefficient (Wildman–Crippen LogP) is 6.60. The van der Waals surface area contributed by atoms with E-state index in [1.165, 1.54) is 5.56 Å². The van der Waals surface area contributed by atoms with Crippen LogP contribution in [0.3, 0.4) is 0 Å². The van der Waals surface area contributed by atoms with Crippen LogP contribution in [0.5, 0.6) is 5.75 Å². The number of rotatable bonds is 13. The quantitative estimate of drug-likeness (QED) is 0.199. The van der Waals surface area contributed by atoms with Crippen molar-refractivity contribution in [2.45, 2.75) is 55.6 Å². The van der Waals surface area contributed by atoms with Gasteiger partial charge in [-0.1, -0.05) is 32.0 Å². The maximum atomic E-state index is 11.4. The van der Waals surface area contributed by atoms with E-state index in [1.54, 1.807) is 23.1 Å². The van der Waals surface area contributed by atoms with E-state index in [2.05, 4.69) is 57.5 Å². The Bertz CT molecular complexity index is 1300. The number of nitrogens with zero attached hydrogens (tertiary/aromatic N) is 3. The van der Waals surface area contributed by atoms with Crippen LogP contribution in [-0.2, 0) is 24.8 Å². The van der Waals surface area contributed by atoms with E-state index in [1.807, 2.05) is 42.8 Å². The van der Waals surface area contributed by atoms with Crippen molar-refractivity contribution < 1.29 is 14.6 Å². The summed E-state index contributed by atoms with van der Waals surface area (Å²) in [5.74, 6) is 0.505. The molecular weight excluding hydrogens is 504 g/mol. The zero-order chi connectivity index (χ0) is 26.2. The smallest absolute Gasteiger partial charge is 0.310 e. The second-order valence-corrected chi connectivity index (χ2v) is 10.6. The van der Waals surface area contributed by atoms with E-state index >= 15 is 0 Å². The van der Waals surface area contributed by atoms with E-state index in [0.717, 1.165) is 51.3 Å². The summed E-state index contributed by atoms with van der Waals surface area (Å²) in [4.78, 5) is 12.5. The van der Waals surface area contributed by atoms with Crippen LogP contribution in [0, 0.1) is 0 Å². The van der Waals surface area contributed by atoms with Crippen LogP contribution in [-0.4, -0.2) is 32.4 Å². The highest BCUT2D eigenvalue weighted by Gasteiger charge is 2.17. The SMILES string of the molecule is CCCOc1cc(Sc2nnc(Cc3ccsc3)n2C)ccc1CNc1ccc(C(CC)C(=O)O)cc1. The van der Waals surface area contributed by atoms with E-state index in [0.29, 0.717) is 19.6 Å². The molecule has 0 aliphatic heterocycles. The van der Waals surface area contributed by atoms with Crippen molar-refractivity contribution in [3.05, 3.63) is 81.8 Å². The van der Waals surface area contributed by atoms with Gasteiger partial charge in [-0.25, -0.2) is 0 Å². The van der Waals surface area contributed by atoms with Crippen LogP contribution in [0.4, 0.5) is 5.69 Å². The molecule has 2 heterocycles. The zero-order valence-electron chi connectivity index (χ0n) is 21.3. The largest absolute Gasteiger partial charge is 0.493 e. The Morgan fingerprint density at radius 2 is 1.97 bits per heavy atom. The first-order valence-electron chi connectivity index (χ1n) is 12.4. The molecule has 0 radical (unpaired) electrons. The van der Waals surface area contributed by atoms with Gasteiger partial charge in [0.1, 0.15) is 11.6 Å². The third kappa shape index (κ3) is 6.93. The van der Waals surface area contributed by atoms with Crippen molar-refractivity contribution in [3.63, 3.8) is 0 Å². The summed E-state index contributed by atoms with van der Waals surface area (Å²) in [7, 11) is 2.00. The number of anilines is 1. The van der Waals surface area contributed by atoms with Crippen LogP contribution in [0.25, 0.3) is 0 Å². The molecule has 1 atom stereocenters. The minimum Gasteiger partial charge on any atom is -0.493 e. The van der Waals surface area contributed by atoms with Gasteiger partial charge in [0.2, 0.25) is 0 Å². The Labute approximate surface area is 225 Å². The fraction of sp³-hybridized carbons (Fsp3) is 0.321. The third-order valence-corrected chi connectivity index (χ3v) is 7.84. The van der Waals surface area contributed by atoms with Gasteiger partial charge in [0.05, 0.1) is 12.5 Å². The second kappa shape index (κ2) is 12.8. The van der Waals surface area contributed by atoms with Crippen LogP contribution in [0.15, 0.2) is 69.3 Å². The number of aliphatic carboxylic acids is 1. The lowest BCUT2D eigenvalue weighted by Crippen LogP contribution is -2.10. The molecule has 0 saturated heterocycles. The molecule has 1 unspecified atom stereocenters. The topological polar surface area (TPSA) is 89.3 Å². The summed E-state index contributed by atoms with van der Waals surface area (Å²) >= 11 is 3.26. The Hall–Kier alpha value is -3.30. The van der Waals surface area contributed by atoms with Gasteiger partial charge in [0.15, 0.2) is 5.16 Å². The molecule has 2 aromatic heterocycles. The molecule has 0 fully saturated rings. The minimum absolute atomic E-state index is 0.478. The first-order valence-corrected chi connectivity index (χ1v) is 14.1. The van der Waals surface area contributed by atoms with Crippen LogP contribution in [0.1, 0.15) is 55.1 Å². The molecule has 4 aromatic rings. The summed E-state index contributed by atoms with van der Waals surface area (Å²) in [6.45, 7) is 5.21.